The van der Waals surface area contributed by atoms with E-state index in [0.717, 1.165) is 17.7 Å². The molecule has 1 unspecified atom stereocenters. The summed E-state index contributed by atoms with van der Waals surface area (Å²) in [6.45, 7) is 3.61. The molecule has 26 heavy (non-hydrogen) atoms. The van der Waals surface area contributed by atoms with Crippen LogP contribution < -0.4 is 5.32 Å². The highest BCUT2D eigenvalue weighted by Crippen LogP contribution is 2.23. The molecule has 0 amide bonds. The van der Waals surface area contributed by atoms with Crippen LogP contribution in [0, 0.1) is 0 Å². The summed E-state index contributed by atoms with van der Waals surface area (Å²) in [5, 5.41) is 14.6. The number of benzene rings is 1. The largest absolute Gasteiger partial charge is 0.386 e. The van der Waals surface area contributed by atoms with E-state index in [1.807, 2.05) is 31.0 Å². The fraction of sp³-hybridized carbons (Fsp3) is 0.333. The standard InChI is InChI=1S/C18H22Cl2N4O.HI/c1-3-22-18(23-11-17(25)14-6-8-21-9-7-14)24(2)12-13-4-5-15(19)16(20)10-13;/h4-10,17,25H,3,11-12H2,1-2H3,(H,22,23);1H. The lowest BCUT2D eigenvalue weighted by molar-refractivity contribution is 0.186. The lowest BCUT2D eigenvalue weighted by atomic mass is 10.1. The average Bonchev–Trinajstić information content (AvgIpc) is 2.62. The first-order valence-corrected chi connectivity index (χ1v) is 8.78. The maximum absolute atomic E-state index is 10.3. The van der Waals surface area contributed by atoms with Crippen LogP contribution in [0.3, 0.4) is 0 Å². The van der Waals surface area contributed by atoms with Crippen molar-refractivity contribution >= 4 is 53.1 Å². The minimum atomic E-state index is -0.671. The van der Waals surface area contributed by atoms with Crippen molar-refractivity contribution in [2.24, 2.45) is 4.99 Å². The number of hydrogen-bond donors (Lipinski definition) is 2. The van der Waals surface area contributed by atoms with Gasteiger partial charge in [-0.05, 0) is 42.3 Å². The van der Waals surface area contributed by atoms with Crippen LogP contribution in [0.5, 0.6) is 0 Å². The zero-order valence-electron chi connectivity index (χ0n) is 14.7. The van der Waals surface area contributed by atoms with Gasteiger partial charge in [0.1, 0.15) is 0 Å². The third kappa shape index (κ3) is 6.90. The summed E-state index contributed by atoms with van der Waals surface area (Å²) in [6, 6.07) is 9.12. The number of aliphatic hydroxyl groups excluding tert-OH is 1. The van der Waals surface area contributed by atoms with Gasteiger partial charge in [-0.1, -0.05) is 29.3 Å². The molecule has 0 aliphatic heterocycles. The molecular weight excluding hydrogens is 486 g/mol. The minimum Gasteiger partial charge on any atom is -0.386 e. The SMILES string of the molecule is CCNC(=NCC(O)c1ccncc1)N(C)Cc1ccc(Cl)c(Cl)c1.I. The first-order valence-electron chi connectivity index (χ1n) is 8.02. The van der Waals surface area contributed by atoms with Crippen LogP contribution in [0.15, 0.2) is 47.7 Å². The van der Waals surface area contributed by atoms with Gasteiger partial charge in [0.2, 0.25) is 0 Å². The third-order valence-corrected chi connectivity index (χ3v) is 4.34. The summed E-state index contributed by atoms with van der Waals surface area (Å²) in [5.41, 5.74) is 1.82. The van der Waals surface area contributed by atoms with Gasteiger partial charge in [-0.2, -0.15) is 0 Å². The van der Waals surface area contributed by atoms with Gasteiger partial charge < -0.3 is 15.3 Å². The van der Waals surface area contributed by atoms with E-state index in [2.05, 4.69) is 15.3 Å². The number of nitrogens with zero attached hydrogens (tertiary/aromatic N) is 3. The summed E-state index contributed by atoms with van der Waals surface area (Å²) in [6.07, 6.45) is 2.64. The van der Waals surface area contributed by atoms with Gasteiger partial charge in [-0.25, -0.2) is 0 Å². The average molecular weight is 509 g/mol. The lowest BCUT2D eigenvalue weighted by Gasteiger charge is -2.23. The zero-order chi connectivity index (χ0) is 18.2. The fourth-order valence-corrected chi connectivity index (χ4v) is 2.64. The predicted octanol–water partition coefficient (Wildman–Crippen LogP) is 4.14. The van der Waals surface area contributed by atoms with Crippen LogP contribution >= 0.6 is 47.2 Å². The number of guanidine groups is 1. The molecule has 0 fully saturated rings. The summed E-state index contributed by atoms with van der Waals surface area (Å²) in [5.74, 6) is 0.710. The van der Waals surface area contributed by atoms with E-state index in [9.17, 15) is 5.11 Å². The Bertz CT molecular complexity index is 716. The lowest BCUT2D eigenvalue weighted by Crippen LogP contribution is -2.38. The molecule has 1 aromatic carbocycles. The monoisotopic (exact) mass is 508 g/mol. The highest BCUT2D eigenvalue weighted by molar-refractivity contribution is 14.0. The topological polar surface area (TPSA) is 60.8 Å². The first kappa shape index (κ1) is 23.0. The maximum Gasteiger partial charge on any atom is 0.194 e. The molecule has 0 aliphatic rings. The Balaban J connectivity index is 0.00000338. The highest BCUT2D eigenvalue weighted by Gasteiger charge is 2.11. The third-order valence-electron chi connectivity index (χ3n) is 3.61. The summed E-state index contributed by atoms with van der Waals surface area (Å²) < 4.78 is 0. The van der Waals surface area contributed by atoms with Gasteiger partial charge in [0.25, 0.3) is 0 Å². The molecule has 2 N–H and O–H groups in total. The molecule has 0 saturated carbocycles. The van der Waals surface area contributed by atoms with Crippen molar-refractivity contribution in [1.29, 1.82) is 0 Å². The van der Waals surface area contributed by atoms with E-state index in [-0.39, 0.29) is 30.5 Å². The second kappa shape index (κ2) is 11.6. The maximum atomic E-state index is 10.3. The molecule has 0 bridgehead atoms. The molecule has 2 aromatic rings. The predicted molar refractivity (Wildman–Crippen MR) is 119 cm³/mol. The highest BCUT2D eigenvalue weighted by atomic mass is 127. The van der Waals surface area contributed by atoms with Crippen molar-refractivity contribution in [3.8, 4) is 0 Å². The molecule has 0 aliphatic carbocycles. The van der Waals surface area contributed by atoms with Gasteiger partial charge in [-0.15, -0.1) is 24.0 Å². The molecule has 0 saturated heterocycles. The Morgan fingerprint density at radius 1 is 1.23 bits per heavy atom. The van der Waals surface area contributed by atoms with E-state index in [1.54, 1.807) is 30.6 Å². The molecule has 1 aromatic heterocycles. The smallest absolute Gasteiger partial charge is 0.194 e. The van der Waals surface area contributed by atoms with Crippen LogP contribution in [0.4, 0.5) is 0 Å². The molecule has 0 spiro atoms. The molecule has 1 atom stereocenters. The van der Waals surface area contributed by atoms with Gasteiger partial charge in [0, 0.05) is 32.5 Å². The van der Waals surface area contributed by atoms with E-state index in [4.69, 9.17) is 23.2 Å². The number of pyridine rings is 1. The number of aliphatic hydroxyl groups is 1. The van der Waals surface area contributed by atoms with Gasteiger partial charge in [-0.3, -0.25) is 9.98 Å². The quantitative estimate of drug-likeness (QED) is 0.350. The summed E-state index contributed by atoms with van der Waals surface area (Å²) >= 11 is 12.0. The first-order chi connectivity index (χ1) is 12.0. The molecular formula is C18H23Cl2IN4O. The van der Waals surface area contributed by atoms with Crippen LogP contribution in [0.2, 0.25) is 10.0 Å². The van der Waals surface area contributed by atoms with Crippen molar-refractivity contribution in [3.63, 3.8) is 0 Å². The van der Waals surface area contributed by atoms with Crippen LogP contribution in [-0.2, 0) is 6.54 Å². The fourth-order valence-electron chi connectivity index (χ4n) is 2.32. The van der Waals surface area contributed by atoms with Crippen molar-refractivity contribution in [1.82, 2.24) is 15.2 Å². The molecule has 1 heterocycles. The zero-order valence-corrected chi connectivity index (χ0v) is 18.5. The molecule has 142 valence electrons. The van der Waals surface area contributed by atoms with E-state index in [0.29, 0.717) is 22.5 Å². The summed E-state index contributed by atoms with van der Waals surface area (Å²) in [4.78, 5) is 10.5. The van der Waals surface area contributed by atoms with Gasteiger partial charge in [0.05, 0.1) is 22.7 Å². The van der Waals surface area contributed by atoms with E-state index < -0.39 is 6.10 Å². The van der Waals surface area contributed by atoms with E-state index >= 15 is 0 Å². The van der Waals surface area contributed by atoms with Crippen molar-refractivity contribution in [3.05, 3.63) is 63.9 Å². The minimum absolute atomic E-state index is 0. The van der Waals surface area contributed by atoms with E-state index in [1.165, 1.54) is 0 Å². The Morgan fingerprint density at radius 2 is 1.92 bits per heavy atom. The molecule has 5 nitrogen and oxygen atoms in total. The summed E-state index contributed by atoms with van der Waals surface area (Å²) in [7, 11) is 1.93. The number of hydrogen-bond acceptors (Lipinski definition) is 3. The van der Waals surface area contributed by atoms with Crippen LogP contribution in [0.1, 0.15) is 24.2 Å². The normalized spacial score (nSPS) is 12.3. The number of rotatable bonds is 6. The van der Waals surface area contributed by atoms with Crippen molar-refractivity contribution < 1.29 is 5.11 Å². The Labute approximate surface area is 181 Å². The molecule has 2 rings (SSSR count). The molecule has 8 heteroatoms. The van der Waals surface area contributed by atoms with Crippen molar-refractivity contribution in [2.45, 2.75) is 19.6 Å². The van der Waals surface area contributed by atoms with Gasteiger partial charge >= 0.3 is 0 Å². The Kier molecular flexibility index (Phi) is 10.2. The Morgan fingerprint density at radius 3 is 2.54 bits per heavy atom. The second-order valence-electron chi connectivity index (χ2n) is 5.60. The Hall–Kier alpha value is -1.09. The van der Waals surface area contributed by atoms with Crippen molar-refractivity contribution in [2.75, 3.05) is 20.1 Å². The number of nitrogens with one attached hydrogen (secondary N) is 1. The number of aromatic nitrogens is 1. The van der Waals surface area contributed by atoms with Crippen LogP contribution in [-0.4, -0.2) is 41.1 Å². The van der Waals surface area contributed by atoms with Gasteiger partial charge in [0.15, 0.2) is 5.96 Å². The second-order valence-corrected chi connectivity index (χ2v) is 6.41. The number of halogens is 3. The molecule has 0 radical (unpaired) electrons. The number of aliphatic imine (C=N–C) groups is 1. The van der Waals surface area contributed by atoms with Crippen LogP contribution in [0.25, 0.3) is 0 Å².